The Hall–Kier alpha value is -1.46. The smallest absolute Gasteiger partial charge is 0.305 e. The molecule has 24 heavy (non-hydrogen) atoms. The van der Waals surface area contributed by atoms with Crippen LogP contribution in [0.4, 0.5) is 4.39 Å². The normalized spacial score (nSPS) is 13.0. The summed E-state index contributed by atoms with van der Waals surface area (Å²) in [7, 11) is -0.503. The average molecular weight is 353 g/mol. The Balaban J connectivity index is 2.91. The van der Waals surface area contributed by atoms with Crippen molar-refractivity contribution in [2.45, 2.75) is 51.7 Å². The van der Waals surface area contributed by atoms with Crippen molar-refractivity contribution in [1.29, 1.82) is 0 Å². The Bertz CT molecular complexity index is 571. The Kier molecular flexibility index (Phi) is 7.36. The molecule has 0 atom stereocenters. The molecule has 1 aromatic carbocycles. The molecule has 0 aromatic heterocycles. The monoisotopic (exact) mass is 352 g/mol. The summed E-state index contributed by atoms with van der Waals surface area (Å²) >= 11 is 0. The van der Waals surface area contributed by atoms with E-state index in [2.05, 4.69) is 38.6 Å². The molecule has 0 amide bonds. The molecular formula is C19H29FO3Si. The van der Waals surface area contributed by atoms with Gasteiger partial charge in [-0.2, -0.15) is 0 Å². The topological polar surface area (TPSA) is 35.5 Å². The molecule has 0 radical (unpaired) electrons. The second-order valence-corrected chi connectivity index (χ2v) is 12.2. The molecule has 5 heteroatoms. The van der Waals surface area contributed by atoms with Crippen molar-refractivity contribution in [2.24, 2.45) is 0 Å². The number of hydrogen-bond donors (Lipinski definition) is 0. The molecule has 0 N–H and O–H groups in total. The third kappa shape index (κ3) is 6.21. The van der Waals surface area contributed by atoms with Crippen molar-refractivity contribution in [1.82, 2.24) is 0 Å². The quantitative estimate of drug-likeness (QED) is 0.501. The van der Waals surface area contributed by atoms with Crippen molar-refractivity contribution >= 4 is 19.9 Å². The lowest BCUT2D eigenvalue weighted by atomic mass is 10.0. The van der Waals surface area contributed by atoms with Crippen LogP contribution in [-0.2, 0) is 14.0 Å². The van der Waals surface area contributed by atoms with Gasteiger partial charge < -0.3 is 9.16 Å². The Morgan fingerprint density at radius 3 is 2.29 bits per heavy atom. The highest BCUT2D eigenvalue weighted by atomic mass is 28.4. The molecular weight excluding hydrogens is 323 g/mol. The number of methoxy groups -OCH3 is 1. The number of benzene rings is 1. The third-order valence-corrected chi connectivity index (χ3v) is 9.05. The summed E-state index contributed by atoms with van der Waals surface area (Å²) in [5, 5.41) is 0.118. The largest absolute Gasteiger partial charge is 0.469 e. The Morgan fingerprint density at radius 2 is 1.79 bits per heavy atom. The van der Waals surface area contributed by atoms with Crippen LogP contribution >= 0.6 is 0 Å². The zero-order valence-corrected chi connectivity index (χ0v) is 16.6. The fourth-order valence-electron chi connectivity index (χ4n) is 1.87. The fraction of sp³-hybridized carbons (Fsp3) is 0.526. The van der Waals surface area contributed by atoms with E-state index in [1.807, 2.05) is 6.08 Å². The summed E-state index contributed by atoms with van der Waals surface area (Å²) in [6.07, 6.45) is 2.87. The van der Waals surface area contributed by atoms with Gasteiger partial charge in [-0.1, -0.05) is 39.0 Å². The van der Waals surface area contributed by atoms with Crippen molar-refractivity contribution in [3.05, 3.63) is 41.7 Å². The number of esters is 1. The standard InChI is InChI=1S/C19H29FO3Si/c1-19(2,3)24(5,6)23-14-16(8-7-9-18(21)22-4)15-10-12-17(20)13-11-15/h8,10-13H,7,9,14H2,1-6H3. The minimum Gasteiger partial charge on any atom is -0.469 e. The van der Waals surface area contributed by atoms with Gasteiger partial charge in [0, 0.05) is 6.42 Å². The van der Waals surface area contributed by atoms with E-state index in [9.17, 15) is 9.18 Å². The molecule has 0 saturated heterocycles. The number of rotatable bonds is 7. The van der Waals surface area contributed by atoms with Crippen LogP contribution in [0.5, 0.6) is 0 Å². The van der Waals surface area contributed by atoms with Gasteiger partial charge >= 0.3 is 5.97 Å². The number of allylic oxidation sites excluding steroid dienone is 1. The lowest BCUT2D eigenvalue weighted by molar-refractivity contribution is -0.140. The Labute approximate surface area is 146 Å². The molecule has 1 aromatic rings. The second kappa shape index (κ2) is 8.58. The van der Waals surface area contributed by atoms with Gasteiger partial charge in [0.1, 0.15) is 5.82 Å². The number of ether oxygens (including phenoxy) is 1. The van der Waals surface area contributed by atoms with E-state index in [4.69, 9.17) is 4.43 Å². The zero-order chi connectivity index (χ0) is 18.4. The first-order valence-corrected chi connectivity index (χ1v) is 11.1. The maximum absolute atomic E-state index is 13.2. The van der Waals surface area contributed by atoms with Crippen LogP contribution in [0.15, 0.2) is 30.3 Å². The maximum atomic E-state index is 13.2. The van der Waals surface area contributed by atoms with Crippen LogP contribution in [0.2, 0.25) is 18.1 Å². The highest BCUT2D eigenvalue weighted by molar-refractivity contribution is 6.74. The van der Waals surface area contributed by atoms with Crippen LogP contribution in [-0.4, -0.2) is 28.0 Å². The minimum atomic E-state index is -1.89. The van der Waals surface area contributed by atoms with Gasteiger partial charge in [0.25, 0.3) is 0 Å². The Morgan fingerprint density at radius 1 is 1.21 bits per heavy atom. The molecule has 0 saturated carbocycles. The zero-order valence-electron chi connectivity index (χ0n) is 15.6. The van der Waals surface area contributed by atoms with Crippen LogP contribution in [0.1, 0.15) is 39.2 Å². The molecule has 0 spiro atoms. The molecule has 134 valence electrons. The van der Waals surface area contributed by atoms with Crippen molar-refractivity contribution in [3.8, 4) is 0 Å². The minimum absolute atomic E-state index is 0.118. The van der Waals surface area contributed by atoms with Gasteiger partial charge in [0.2, 0.25) is 0 Å². The molecule has 0 aliphatic rings. The van der Waals surface area contributed by atoms with Gasteiger partial charge in [-0.3, -0.25) is 4.79 Å². The maximum Gasteiger partial charge on any atom is 0.305 e. The predicted octanol–water partition coefficient (Wildman–Crippen LogP) is 5.18. The molecule has 1 rings (SSSR count). The molecule has 0 aliphatic heterocycles. The summed E-state index contributed by atoms with van der Waals surface area (Å²) in [6.45, 7) is 11.4. The van der Waals surface area contributed by atoms with Gasteiger partial charge in [-0.15, -0.1) is 0 Å². The number of hydrogen-bond acceptors (Lipinski definition) is 3. The molecule has 0 bridgehead atoms. The highest BCUT2D eigenvalue weighted by Crippen LogP contribution is 2.37. The molecule has 0 heterocycles. The van der Waals surface area contributed by atoms with Crippen LogP contribution < -0.4 is 0 Å². The molecule has 0 unspecified atom stereocenters. The highest BCUT2D eigenvalue weighted by Gasteiger charge is 2.37. The van der Waals surface area contributed by atoms with Crippen molar-refractivity contribution < 1.29 is 18.3 Å². The lowest BCUT2D eigenvalue weighted by Gasteiger charge is -2.36. The summed E-state index contributed by atoms with van der Waals surface area (Å²) in [4.78, 5) is 11.3. The van der Waals surface area contributed by atoms with E-state index in [0.29, 0.717) is 19.4 Å². The van der Waals surface area contributed by atoms with E-state index in [0.717, 1.165) is 11.1 Å². The average Bonchev–Trinajstić information content (AvgIpc) is 2.50. The van der Waals surface area contributed by atoms with Gasteiger partial charge in [0.05, 0.1) is 13.7 Å². The fourth-order valence-corrected chi connectivity index (χ4v) is 2.81. The molecule has 0 aliphatic carbocycles. The van der Waals surface area contributed by atoms with Crippen LogP contribution in [0.3, 0.4) is 0 Å². The van der Waals surface area contributed by atoms with E-state index >= 15 is 0 Å². The number of halogens is 1. The first-order valence-electron chi connectivity index (χ1n) is 8.22. The van der Waals surface area contributed by atoms with E-state index in [1.54, 1.807) is 12.1 Å². The van der Waals surface area contributed by atoms with Gasteiger partial charge in [0.15, 0.2) is 8.32 Å². The second-order valence-electron chi connectivity index (χ2n) is 7.40. The van der Waals surface area contributed by atoms with E-state index < -0.39 is 8.32 Å². The summed E-state index contributed by atoms with van der Waals surface area (Å²) in [5.41, 5.74) is 1.89. The summed E-state index contributed by atoms with van der Waals surface area (Å²) in [6, 6.07) is 6.37. The van der Waals surface area contributed by atoms with Crippen molar-refractivity contribution in [2.75, 3.05) is 13.7 Å². The number of carbonyl (C=O) groups excluding carboxylic acids is 1. The van der Waals surface area contributed by atoms with Crippen LogP contribution in [0.25, 0.3) is 5.57 Å². The van der Waals surface area contributed by atoms with Crippen LogP contribution in [0, 0.1) is 5.82 Å². The number of carbonyl (C=O) groups is 1. The summed E-state index contributed by atoms with van der Waals surface area (Å²) in [5.74, 6) is -0.506. The first-order chi connectivity index (χ1) is 11.1. The van der Waals surface area contributed by atoms with E-state index in [-0.39, 0.29) is 16.8 Å². The summed E-state index contributed by atoms with van der Waals surface area (Å²) < 4.78 is 24.1. The van der Waals surface area contributed by atoms with Gasteiger partial charge in [-0.05, 0) is 47.8 Å². The van der Waals surface area contributed by atoms with E-state index in [1.165, 1.54) is 19.2 Å². The van der Waals surface area contributed by atoms with Crippen molar-refractivity contribution in [3.63, 3.8) is 0 Å². The van der Waals surface area contributed by atoms with Gasteiger partial charge in [-0.25, -0.2) is 4.39 Å². The third-order valence-electron chi connectivity index (χ3n) is 4.58. The molecule has 3 nitrogen and oxygen atoms in total. The molecule has 0 fully saturated rings. The SMILES string of the molecule is COC(=O)CCC=C(CO[Si](C)(C)C(C)(C)C)c1ccc(F)cc1. The lowest BCUT2D eigenvalue weighted by Crippen LogP contribution is -2.41. The first kappa shape index (κ1) is 20.6. The predicted molar refractivity (Wildman–Crippen MR) is 98.8 cm³/mol.